The average Bonchev–Trinajstić information content (AvgIpc) is 2.81. The van der Waals surface area contributed by atoms with Gasteiger partial charge in [0.05, 0.1) is 29.4 Å². The number of Topliss-reactive ketones (excluding diaryl/α,β-unsaturated/α-hetero) is 1. The molecule has 0 unspecified atom stereocenters. The van der Waals surface area contributed by atoms with Crippen LogP contribution in [0.3, 0.4) is 0 Å². The maximum absolute atomic E-state index is 13.3. The largest absolute Gasteiger partial charge is 0.379 e. The Labute approximate surface area is 196 Å². The first-order valence-electron chi connectivity index (χ1n) is 10.8. The molecule has 1 saturated heterocycles. The molecule has 2 heterocycles. The highest BCUT2D eigenvalue weighted by molar-refractivity contribution is 8.00. The van der Waals surface area contributed by atoms with Crippen LogP contribution in [0.4, 0.5) is 0 Å². The molecule has 1 aliphatic heterocycles. The topological polar surface area (TPSA) is 64.4 Å². The van der Waals surface area contributed by atoms with Gasteiger partial charge in [0.1, 0.15) is 0 Å². The lowest BCUT2D eigenvalue weighted by molar-refractivity contribution is 0.0368. The van der Waals surface area contributed by atoms with Gasteiger partial charge in [0.25, 0.3) is 5.56 Å². The zero-order valence-corrected chi connectivity index (χ0v) is 19.6. The van der Waals surface area contributed by atoms with E-state index in [-0.39, 0.29) is 11.3 Å². The second kappa shape index (κ2) is 10.6. The van der Waals surface area contributed by atoms with Gasteiger partial charge in [-0.05, 0) is 37.6 Å². The van der Waals surface area contributed by atoms with Crippen LogP contribution < -0.4 is 5.56 Å². The van der Waals surface area contributed by atoms with Gasteiger partial charge < -0.3 is 4.74 Å². The number of hydrogen-bond acceptors (Lipinski definition) is 6. The summed E-state index contributed by atoms with van der Waals surface area (Å²) in [6.45, 7) is 6.62. The van der Waals surface area contributed by atoms with Crippen molar-refractivity contribution in [2.45, 2.75) is 30.3 Å². The number of morpholine rings is 1. The molecule has 0 aliphatic carbocycles. The number of aromatic nitrogens is 2. The molecule has 3 aromatic rings. The third-order valence-corrected chi connectivity index (χ3v) is 6.87. The maximum atomic E-state index is 13.3. The Kier molecular flexibility index (Phi) is 7.63. The second-order valence-electron chi connectivity index (χ2n) is 7.81. The highest BCUT2D eigenvalue weighted by Gasteiger charge is 2.21. The van der Waals surface area contributed by atoms with Crippen LogP contribution in [0.25, 0.3) is 10.9 Å². The number of rotatable bonds is 8. The fraction of sp³-hybridized carbons (Fsp3) is 0.375. The number of hydrogen-bond donors (Lipinski definition) is 0. The SMILES string of the molecule is C[C@H](Sc1nc2ccccc2c(=O)n1CCCN1CCOCC1)C(=O)c1cccc(Cl)c1. The highest BCUT2D eigenvalue weighted by atomic mass is 35.5. The standard InChI is InChI=1S/C24H26ClN3O3S/c1-17(22(29)18-6-4-7-19(25)16-18)32-24-26-21-9-3-2-8-20(21)23(30)28(24)11-5-10-27-12-14-31-15-13-27/h2-4,6-9,16-17H,5,10-15H2,1H3/t17-/m0/s1. The monoisotopic (exact) mass is 471 g/mol. The van der Waals surface area contributed by atoms with Crippen LogP contribution in [-0.4, -0.2) is 58.3 Å². The Bertz CT molecular complexity index is 1160. The fourth-order valence-electron chi connectivity index (χ4n) is 3.80. The molecule has 0 bridgehead atoms. The van der Waals surface area contributed by atoms with Crippen LogP contribution in [0.1, 0.15) is 23.7 Å². The van der Waals surface area contributed by atoms with Gasteiger partial charge in [-0.3, -0.25) is 19.1 Å². The van der Waals surface area contributed by atoms with Crippen molar-refractivity contribution in [2.75, 3.05) is 32.8 Å². The molecule has 0 radical (unpaired) electrons. The minimum atomic E-state index is -0.410. The molecule has 8 heteroatoms. The van der Waals surface area contributed by atoms with Gasteiger partial charge in [-0.2, -0.15) is 0 Å². The van der Waals surface area contributed by atoms with Crippen LogP contribution in [0.15, 0.2) is 58.5 Å². The minimum absolute atomic E-state index is 0.0419. The minimum Gasteiger partial charge on any atom is -0.379 e. The summed E-state index contributed by atoms with van der Waals surface area (Å²) in [6.07, 6.45) is 0.824. The number of fused-ring (bicyclic) bond motifs is 1. The van der Waals surface area contributed by atoms with Crippen molar-refractivity contribution in [3.05, 3.63) is 69.5 Å². The first kappa shape index (κ1) is 23.0. The number of thioether (sulfide) groups is 1. The number of benzene rings is 2. The van der Waals surface area contributed by atoms with Gasteiger partial charge in [0, 0.05) is 36.8 Å². The summed E-state index contributed by atoms with van der Waals surface area (Å²) in [4.78, 5) is 33.3. The molecule has 0 amide bonds. The van der Waals surface area contributed by atoms with Crippen LogP contribution in [-0.2, 0) is 11.3 Å². The number of ether oxygens (including phenoxy) is 1. The fourth-order valence-corrected chi connectivity index (χ4v) is 5.00. The number of ketones is 1. The van der Waals surface area contributed by atoms with Crippen LogP contribution in [0, 0.1) is 0 Å². The molecule has 2 aromatic carbocycles. The number of nitrogens with zero attached hydrogens (tertiary/aromatic N) is 3. The summed E-state index contributed by atoms with van der Waals surface area (Å²) >= 11 is 7.38. The summed E-state index contributed by atoms with van der Waals surface area (Å²) in [7, 11) is 0. The summed E-state index contributed by atoms with van der Waals surface area (Å²) in [6, 6.07) is 14.3. The molecule has 1 atom stereocenters. The molecule has 1 fully saturated rings. The predicted molar refractivity (Wildman–Crippen MR) is 129 cm³/mol. The third-order valence-electron chi connectivity index (χ3n) is 5.55. The van der Waals surface area contributed by atoms with E-state index in [1.165, 1.54) is 11.8 Å². The quantitative estimate of drug-likeness (QED) is 0.279. The lowest BCUT2D eigenvalue weighted by atomic mass is 10.1. The highest BCUT2D eigenvalue weighted by Crippen LogP contribution is 2.26. The van der Waals surface area contributed by atoms with E-state index in [0.717, 1.165) is 39.3 Å². The van der Waals surface area contributed by atoms with E-state index in [9.17, 15) is 9.59 Å². The Morgan fingerprint density at radius 1 is 1.16 bits per heavy atom. The van der Waals surface area contributed by atoms with Crippen molar-refractivity contribution in [3.63, 3.8) is 0 Å². The first-order valence-corrected chi connectivity index (χ1v) is 12.0. The molecular formula is C24H26ClN3O3S. The molecular weight excluding hydrogens is 446 g/mol. The molecule has 0 saturated carbocycles. The average molecular weight is 472 g/mol. The zero-order valence-electron chi connectivity index (χ0n) is 18.0. The number of halogens is 1. The number of carbonyl (C=O) groups excluding carboxylic acids is 1. The zero-order chi connectivity index (χ0) is 22.5. The molecule has 1 aromatic heterocycles. The van der Waals surface area contributed by atoms with Crippen LogP contribution in [0.2, 0.25) is 5.02 Å². The van der Waals surface area contributed by atoms with Crippen molar-refractivity contribution < 1.29 is 9.53 Å². The van der Waals surface area contributed by atoms with Crippen molar-refractivity contribution in [1.82, 2.24) is 14.5 Å². The summed E-state index contributed by atoms with van der Waals surface area (Å²) in [5.41, 5.74) is 1.13. The summed E-state index contributed by atoms with van der Waals surface area (Å²) in [5.74, 6) is -0.0419. The molecule has 6 nitrogen and oxygen atoms in total. The smallest absolute Gasteiger partial charge is 0.262 e. The van der Waals surface area contributed by atoms with Crippen molar-refractivity contribution in [1.29, 1.82) is 0 Å². The van der Waals surface area contributed by atoms with E-state index in [4.69, 9.17) is 21.3 Å². The van der Waals surface area contributed by atoms with Gasteiger partial charge >= 0.3 is 0 Å². The predicted octanol–water partition coefficient (Wildman–Crippen LogP) is 4.14. The number of para-hydroxylation sites is 1. The molecule has 0 N–H and O–H groups in total. The Morgan fingerprint density at radius 2 is 1.94 bits per heavy atom. The molecule has 4 rings (SSSR count). The second-order valence-corrected chi connectivity index (χ2v) is 9.55. The van der Waals surface area contributed by atoms with E-state index in [1.54, 1.807) is 34.9 Å². The number of carbonyl (C=O) groups is 1. The lowest BCUT2D eigenvalue weighted by Crippen LogP contribution is -2.37. The molecule has 0 spiro atoms. The third kappa shape index (κ3) is 5.41. The first-order chi connectivity index (χ1) is 15.5. The van der Waals surface area contributed by atoms with Gasteiger partial charge in [0.15, 0.2) is 10.9 Å². The van der Waals surface area contributed by atoms with Crippen LogP contribution >= 0.6 is 23.4 Å². The van der Waals surface area contributed by atoms with E-state index in [0.29, 0.717) is 33.2 Å². The molecule has 1 aliphatic rings. The molecule has 168 valence electrons. The van der Waals surface area contributed by atoms with E-state index in [2.05, 4.69) is 4.90 Å². The van der Waals surface area contributed by atoms with E-state index in [1.807, 2.05) is 25.1 Å². The van der Waals surface area contributed by atoms with Crippen molar-refractivity contribution in [2.24, 2.45) is 0 Å². The van der Waals surface area contributed by atoms with E-state index >= 15 is 0 Å². The Balaban J connectivity index is 1.57. The van der Waals surface area contributed by atoms with Gasteiger partial charge in [-0.15, -0.1) is 0 Å². The lowest BCUT2D eigenvalue weighted by Gasteiger charge is -2.26. The Hall–Kier alpha value is -2.19. The van der Waals surface area contributed by atoms with Gasteiger partial charge in [0.2, 0.25) is 0 Å². The summed E-state index contributed by atoms with van der Waals surface area (Å²) < 4.78 is 7.13. The Morgan fingerprint density at radius 3 is 2.72 bits per heavy atom. The van der Waals surface area contributed by atoms with Gasteiger partial charge in [-0.1, -0.05) is 47.6 Å². The van der Waals surface area contributed by atoms with Gasteiger partial charge in [-0.25, -0.2) is 4.98 Å². The normalized spacial score (nSPS) is 15.7. The van der Waals surface area contributed by atoms with Crippen molar-refractivity contribution >= 4 is 40.0 Å². The van der Waals surface area contributed by atoms with Crippen molar-refractivity contribution in [3.8, 4) is 0 Å². The van der Waals surface area contributed by atoms with E-state index < -0.39 is 5.25 Å². The maximum Gasteiger partial charge on any atom is 0.262 e. The summed E-state index contributed by atoms with van der Waals surface area (Å²) in [5, 5.41) is 1.28. The van der Waals surface area contributed by atoms with Crippen LogP contribution in [0.5, 0.6) is 0 Å². The molecule has 32 heavy (non-hydrogen) atoms.